The molecule has 0 saturated carbocycles. The first-order valence-corrected chi connectivity index (χ1v) is 12.4. The van der Waals surface area contributed by atoms with Crippen LogP contribution >= 0.6 is 0 Å². The van der Waals surface area contributed by atoms with Gasteiger partial charge >= 0.3 is 0 Å². The lowest BCUT2D eigenvalue weighted by molar-refractivity contribution is -0.136. The molecule has 35 heavy (non-hydrogen) atoms. The van der Waals surface area contributed by atoms with Gasteiger partial charge in [0.15, 0.2) is 0 Å². The van der Waals surface area contributed by atoms with Crippen LogP contribution in [0.1, 0.15) is 78.3 Å². The van der Waals surface area contributed by atoms with E-state index in [2.05, 4.69) is 48.3 Å². The van der Waals surface area contributed by atoms with Gasteiger partial charge in [-0.2, -0.15) is 0 Å². The zero-order valence-corrected chi connectivity index (χ0v) is 20.3. The number of hydrogen-bond acceptors (Lipinski definition) is 6. The highest BCUT2D eigenvalue weighted by atomic mass is 16.3. The minimum atomic E-state index is -1.05. The average molecular weight is 477 g/mol. The van der Waals surface area contributed by atoms with E-state index in [1.165, 1.54) is 16.0 Å². The maximum Gasteiger partial charge on any atom is 0.256 e. The third-order valence-corrected chi connectivity index (χ3v) is 7.56. The standard InChI is InChI=1S/C27H32N4O4/c1-17(2)19-5-3-4-18(14-19)15-30-12-10-27(35,11-13-30)23-8-6-20-21(28-23)16-31(26(20)34)22-7-9-24(32)29-25(22)33/h3-6,8,14,17,22,35H,7,9-13,15-16H2,1-2H3,(H,29,32,33). The van der Waals surface area contributed by atoms with Crippen molar-refractivity contribution in [2.24, 2.45) is 0 Å². The fourth-order valence-corrected chi connectivity index (χ4v) is 5.34. The summed E-state index contributed by atoms with van der Waals surface area (Å²) >= 11 is 0. The van der Waals surface area contributed by atoms with Crippen molar-refractivity contribution in [3.63, 3.8) is 0 Å². The quantitative estimate of drug-likeness (QED) is 0.643. The van der Waals surface area contributed by atoms with Gasteiger partial charge in [-0.3, -0.25) is 29.6 Å². The lowest BCUT2D eigenvalue weighted by Crippen LogP contribution is -2.52. The Morgan fingerprint density at radius 2 is 1.91 bits per heavy atom. The zero-order valence-electron chi connectivity index (χ0n) is 20.3. The Labute approximate surface area is 205 Å². The van der Waals surface area contributed by atoms with E-state index < -0.39 is 17.6 Å². The Morgan fingerprint density at radius 1 is 1.14 bits per heavy atom. The van der Waals surface area contributed by atoms with Gasteiger partial charge in [-0.1, -0.05) is 38.1 Å². The minimum Gasteiger partial charge on any atom is -0.383 e. The molecular formula is C27H32N4O4. The summed E-state index contributed by atoms with van der Waals surface area (Å²) in [5.74, 6) is -0.506. The molecule has 2 fully saturated rings. The number of amides is 3. The lowest BCUT2D eigenvalue weighted by Gasteiger charge is -2.38. The number of fused-ring (bicyclic) bond motifs is 1. The van der Waals surface area contributed by atoms with Crippen LogP contribution < -0.4 is 5.32 Å². The molecule has 184 valence electrons. The summed E-state index contributed by atoms with van der Waals surface area (Å²) in [7, 11) is 0. The molecule has 5 rings (SSSR count). The highest BCUT2D eigenvalue weighted by Gasteiger charge is 2.41. The number of carbonyl (C=O) groups is 3. The summed E-state index contributed by atoms with van der Waals surface area (Å²) in [6.07, 6.45) is 1.66. The summed E-state index contributed by atoms with van der Waals surface area (Å²) in [6, 6.07) is 11.5. The van der Waals surface area contributed by atoms with Crippen LogP contribution in [0.25, 0.3) is 0 Å². The number of hydrogen-bond donors (Lipinski definition) is 2. The molecule has 0 bridgehead atoms. The smallest absolute Gasteiger partial charge is 0.256 e. The second-order valence-corrected chi connectivity index (χ2v) is 10.3. The third-order valence-electron chi connectivity index (χ3n) is 7.56. The molecule has 0 spiro atoms. The molecule has 2 N–H and O–H groups in total. The van der Waals surface area contributed by atoms with Gasteiger partial charge in [0.2, 0.25) is 11.8 Å². The normalized spacial score (nSPS) is 22.5. The van der Waals surface area contributed by atoms with Crippen LogP contribution in [0.15, 0.2) is 36.4 Å². The zero-order chi connectivity index (χ0) is 24.7. The van der Waals surface area contributed by atoms with E-state index >= 15 is 0 Å². The number of carbonyl (C=O) groups excluding carboxylic acids is 3. The highest BCUT2D eigenvalue weighted by Crippen LogP contribution is 2.35. The van der Waals surface area contributed by atoms with Crippen molar-refractivity contribution in [3.05, 3.63) is 64.5 Å². The Bertz CT molecular complexity index is 1170. The molecule has 1 atom stereocenters. The van der Waals surface area contributed by atoms with Crippen LogP contribution in [-0.2, 0) is 28.3 Å². The fraction of sp³-hybridized carbons (Fsp3) is 0.481. The number of aromatic nitrogens is 1. The average Bonchev–Trinajstić information content (AvgIpc) is 3.16. The van der Waals surface area contributed by atoms with E-state index in [1.54, 1.807) is 12.1 Å². The van der Waals surface area contributed by atoms with Crippen LogP contribution in [0.5, 0.6) is 0 Å². The van der Waals surface area contributed by atoms with Gasteiger partial charge in [-0.05, 0) is 48.4 Å². The summed E-state index contributed by atoms with van der Waals surface area (Å²) in [5, 5.41) is 13.8. The molecule has 8 heteroatoms. The molecule has 2 saturated heterocycles. The first-order valence-electron chi connectivity index (χ1n) is 12.4. The van der Waals surface area contributed by atoms with Crippen molar-refractivity contribution < 1.29 is 19.5 Å². The molecule has 8 nitrogen and oxygen atoms in total. The van der Waals surface area contributed by atoms with Crippen molar-refractivity contribution >= 4 is 17.7 Å². The number of rotatable bonds is 5. The third kappa shape index (κ3) is 4.60. The van der Waals surface area contributed by atoms with Crippen LogP contribution in [-0.4, -0.2) is 56.7 Å². The summed E-state index contributed by atoms with van der Waals surface area (Å²) in [4.78, 5) is 45.2. The van der Waals surface area contributed by atoms with Gasteiger partial charge < -0.3 is 10.0 Å². The van der Waals surface area contributed by atoms with Crippen LogP contribution in [0, 0.1) is 0 Å². The van der Waals surface area contributed by atoms with Crippen molar-refractivity contribution in [1.29, 1.82) is 0 Å². The van der Waals surface area contributed by atoms with Crippen molar-refractivity contribution in [2.75, 3.05) is 13.1 Å². The van der Waals surface area contributed by atoms with E-state index in [1.807, 2.05) is 0 Å². The van der Waals surface area contributed by atoms with Gasteiger partial charge in [-0.15, -0.1) is 0 Å². The van der Waals surface area contributed by atoms with Crippen molar-refractivity contribution in [1.82, 2.24) is 20.1 Å². The molecule has 0 aliphatic carbocycles. The Hall–Kier alpha value is -3.10. The summed E-state index contributed by atoms with van der Waals surface area (Å²) in [5.41, 5.74) is 3.19. The molecule has 2 aromatic rings. The SMILES string of the molecule is CC(C)c1cccc(CN2CCC(O)(c3ccc4c(n3)CN(C3CCC(=O)NC3=O)C4=O)CC2)c1. The van der Waals surface area contributed by atoms with Crippen LogP contribution in [0.2, 0.25) is 0 Å². The number of nitrogens with zero attached hydrogens (tertiary/aromatic N) is 3. The van der Waals surface area contributed by atoms with Gasteiger partial charge in [0.05, 0.1) is 23.5 Å². The molecule has 4 heterocycles. The molecule has 1 unspecified atom stereocenters. The first kappa shape index (κ1) is 23.6. The van der Waals surface area contributed by atoms with Crippen molar-refractivity contribution in [3.8, 4) is 0 Å². The number of pyridine rings is 1. The number of likely N-dealkylation sites (tertiary alicyclic amines) is 1. The maximum absolute atomic E-state index is 12.9. The van der Waals surface area contributed by atoms with Crippen molar-refractivity contribution in [2.45, 2.75) is 70.2 Å². The second kappa shape index (κ2) is 9.17. The van der Waals surface area contributed by atoms with E-state index in [4.69, 9.17) is 4.98 Å². The van der Waals surface area contributed by atoms with Gasteiger partial charge in [0.1, 0.15) is 11.6 Å². The highest BCUT2D eigenvalue weighted by molar-refractivity contribution is 6.05. The van der Waals surface area contributed by atoms with Gasteiger partial charge in [0.25, 0.3) is 5.91 Å². The number of nitrogens with one attached hydrogen (secondary N) is 1. The Kier molecular flexibility index (Phi) is 6.19. The number of aliphatic hydroxyl groups is 1. The second-order valence-electron chi connectivity index (χ2n) is 10.3. The molecule has 1 aromatic heterocycles. The summed E-state index contributed by atoms with van der Waals surface area (Å²) < 4.78 is 0. The molecule has 3 aliphatic rings. The predicted molar refractivity (Wildman–Crippen MR) is 129 cm³/mol. The fourth-order valence-electron chi connectivity index (χ4n) is 5.34. The Morgan fingerprint density at radius 3 is 2.63 bits per heavy atom. The monoisotopic (exact) mass is 476 g/mol. The Balaban J connectivity index is 1.25. The van der Waals surface area contributed by atoms with E-state index in [-0.39, 0.29) is 24.8 Å². The number of imide groups is 1. The molecule has 0 radical (unpaired) electrons. The predicted octanol–water partition coefficient (Wildman–Crippen LogP) is 2.45. The minimum absolute atomic E-state index is 0.211. The lowest BCUT2D eigenvalue weighted by atomic mass is 9.87. The number of piperidine rings is 2. The number of benzene rings is 1. The summed E-state index contributed by atoms with van der Waals surface area (Å²) in [6.45, 7) is 6.96. The molecular weight excluding hydrogens is 444 g/mol. The van der Waals surface area contributed by atoms with E-state index in [0.29, 0.717) is 42.1 Å². The van der Waals surface area contributed by atoms with Gasteiger partial charge in [-0.25, -0.2) is 0 Å². The molecule has 3 aliphatic heterocycles. The first-order chi connectivity index (χ1) is 16.7. The van der Waals surface area contributed by atoms with E-state index in [9.17, 15) is 19.5 Å². The molecule has 1 aromatic carbocycles. The molecule has 3 amide bonds. The van der Waals surface area contributed by atoms with Crippen LogP contribution in [0.3, 0.4) is 0 Å². The van der Waals surface area contributed by atoms with E-state index in [0.717, 1.165) is 19.6 Å². The topological polar surface area (TPSA) is 103 Å². The van der Waals surface area contributed by atoms with Gasteiger partial charge in [0, 0.05) is 26.1 Å². The van der Waals surface area contributed by atoms with Crippen LogP contribution in [0.4, 0.5) is 0 Å². The maximum atomic E-state index is 12.9. The largest absolute Gasteiger partial charge is 0.383 e.